The highest BCUT2D eigenvalue weighted by molar-refractivity contribution is 6.31. The topological polar surface area (TPSA) is 97.8 Å². The van der Waals surface area contributed by atoms with E-state index in [4.69, 9.17) is 25.8 Å². The Morgan fingerprint density at radius 2 is 1.93 bits per heavy atom. The Balaban J connectivity index is 1.15. The van der Waals surface area contributed by atoms with Gasteiger partial charge in [-0.2, -0.15) is 0 Å². The molecule has 2 heterocycles. The maximum atomic E-state index is 13.6. The fraction of sp³-hybridized carbons (Fsp3) is 0.483. The van der Waals surface area contributed by atoms with Crippen LogP contribution in [0.3, 0.4) is 0 Å². The molecule has 2 aromatic carbocycles. The average Bonchev–Trinajstić information content (AvgIpc) is 2.98. The van der Waals surface area contributed by atoms with E-state index in [0.717, 1.165) is 44.0 Å². The monoisotopic (exact) mass is 571 g/mol. The van der Waals surface area contributed by atoms with Crippen LogP contribution in [0.4, 0.5) is 15.9 Å². The number of amides is 1. The van der Waals surface area contributed by atoms with Gasteiger partial charge in [0.05, 0.1) is 37.0 Å². The maximum absolute atomic E-state index is 13.6. The number of fused-ring (bicyclic) bond motifs is 1. The van der Waals surface area contributed by atoms with Crippen molar-refractivity contribution in [1.82, 2.24) is 20.2 Å². The zero-order valence-electron chi connectivity index (χ0n) is 22.6. The van der Waals surface area contributed by atoms with Crippen LogP contribution in [0, 0.1) is 5.82 Å². The molecule has 0 bridgehead atoms. The number of rotatable bonds is 10. The van der Waals surface area contributed by atoms with Gasteiger partial charge in [-0.25, -0.2) is 14.4 Å². The highest BCUT2D eigenvalue weighted by Crippen LogP contribution is 2.37. The van der Waals surface area contributed by atoms with Crippen LogP contribution in [0.1, 0.15) is 38.5 Å². The van der Waals surface area contributed by atoms with Crippen molar-refractivity contribution in [3.05, 3.63) is 47.5 Å². The zero-order chi connectivity index (χ0) is 27.9. The van der Waals surface area contributed by atoms with Crippen molar-refractivity contribution < 1.29 is 23.4 Å². The second-order valence-electron chi connectivity index (χ2n) is 10.1. The Labute approximate surface area is 238 Å². The molecule has 0 spiro atoms. The van der Waals surface area contributed by atoms with Crippen LogP contribution in [0.15, 0.2) is 36.7 Å². The van der Waals surface area contributed by atoms with E-state index in [2.05, 4.69) is 20.6 Å². The van der Waals surface area contributed by atoms with E-state index in [0.29, 0.717) is 67.3 Å². The molecule has 3 aromatic rings. The minimum Gasteiger partial charge on any atom is -0.493 e. The normalized spacial score (nSPS) is 19.4. The molecule has 5 rings (SSSR count). The molecule has 1 aliphatic carbocycles. The summed E-state index contributed by atoms with van der Waals surface area (Å²) in [5.74, 6) is 1.52. The fourth-order valence-electron chi connectivity index (χ4n) is 5.21. The number of hydrogen-bond acceptors (Lipinski definition) is 8. The number of anilines is 2. The molecule has 1 saturated heterocycles. The van der Waals surface area contributed by atoms with Crippen molar-refractivity contribution in [2.24, 2.45) is 0 Å². The first-order valence-electron chi connectivity index (χ1n) is 13.8. The van der Waals surface area contributed by atoms with Crippen LogP contribution in [0.25, 0.3) is 10.9 Å². The molecular weight excluding hydrogens is 537 g/mol. The number of methoxy groups -OCH3 is 1. The first-order valence-corrected chi connectivity index (χ1v) is 14.2. The van der Waals surface area contributed by atoms with Gasteiger partial charge >= 0.3 is 0 Å². The van der Waals surface area contributed by atoms with Gasteiger partial charge in [-0.3, -0.25) is 4.79 Å². The number of carbonyl (C=O) groups is 1. The second-order valence-corrected chi connectivity index (χ2v) is 10.5. The number of aromatic nitrogens is 2. The molecule has 40 heavy (non-hydrogen) atoms. The number of morpholine rings is 1. The first-order chi connectivity index (χ1) is 19.5. The molecule has 1 saturated carbocycles. The zero-order valence-corrected chi connectivity index (χ0v) is 23.4. The van der Waals surface area contributed by atoms with Crippen LogP contribution in [-0.4, -0.2) is 72.9 Å². The SMILES string of the molecule is COc1cc2ncnc(Nc3ccc(F)c(Cl)c3)c2cc1OC1CCC(NCCCC(=O)N2CCOCC2)CC1. The second kappa shape index (κ2) is 13.4. The van der Waals surface area contributed by atoms with E-state index in [1.807, 2.05) is 17.0 Å². The highest BCUT2D eigenvalue weighted by Gasteiger charge is 2.24. The number of halogens is 2. The summed E-state index contributed by atoms with van der Waals surface area (Å²) in [5.41, 5.74) is 1.30. The lowest BCUT2D eigenvalue weighted by molar-refractivity contribution is -0.135. The maximum Gasteiger partial charge on any atom is 0.222 e. The molecule has 1 aromatic heterocycles. The summed E-state index contributed by atoms with van der Waals surface area (Å²) in [6.07, 6.45) is 6.75. The molecule has 2 N–H and O–H groups in total. The summed E-state index contributed by atoms with van der Waals surface area (Å²) in [4.78, 5) is 23.0. The molecule has 1 aliphatic heterocycles. The van der Waals surface area contributed by atoms with Crippen LogP contribution in [0.5, 0.6) is 11.5 Å². The summed E-state index contributed by atoms with van der Waals surface area (Å²) < 4.78 is 31.0. The number of carbonyl (C=O) groups excluding carboxylic acids is 1. The summed E-state index contributed by atoms with van der Waals surface area (Å²) in [5, 5.41) is 7.60. The predicted octanol–water partition coefficient (Wildman–Crippen LogP) is 5.09. The molecule has 1 amide bonds. The van der Waals surface area contributed by atoms with Gasteiger partial charge in [-0.1, -0.05) is 11.6 Å². The number of nitrogens with zero attached hydrogens (tertiary/aromatic N) is 3. The van der Waals surface area contributed by atoms with E-state index in [-0.39, 0.29) is 17.0 Å². The largest absolute Gasteiger partial charge is 0.493 e. The summed E-state index contributed by atoms with van der Waals surface area (Å²) in [6, 6.07) is 8.56. The van der Waals surface area contributed by atoms with Gasteiger partial charge in [0.25, 0.3) is 0 Å². The van der Waals surface area contributed by atoms with Crippen molar-refractivity contribution in [1.29, 1.82) is 0 Å². The first kappa shape index (κ1) is 28.3. The molecule has 2 aliphatic rings. The van der Waals surface area contributed by atoms with Crippen molar-refractivity contribution >= 4 is 39.9 Å². The minimum atomic E-state index is -0.482. The smallest absolute Gasteiger partial charge is 0.222 e. The molecule has 0 unspecified atom stereocenters. The molecule has 11 heteroatoms. The highest BCUT2D eigenvalue weighted by atomic mass is 35.5. The Hall–Kier alpha value is -3.21. The van der Waals surface area contributed by atoms with Crippen LogP contribution in [-0.2, 0) is 9.53 Å². The number of nitrogens with one attached hydrogen (secondary N) is 2. The quantitative estimate of drug-likeness (QED) is 0.325. The van der Waals surface area contributed by atoms with Crippen molar-refractivity contribution in [3.63, 3.8) is 0 Å². The van der Waals surface area contributed by atoms with E-state index in [1.54, 1.807) is 13.2 Å². The lowest BCUT2D eigenvalue weighted by Gasteiger charge is -2.30. The van der Waals surface area contributed by atoms with Crippen LogP contribution in [0.2, 0.25) is 5.02 Å². The number of ether oxygens (including phenoxy) is 3. The lowest BCUT2D eigenvalue weighted by atomic mass is 9.93. The third-order valence-electron chi connectivity index (χ3n) is 7.44. The van der Waals surface area contributed by atoms with Crippen LogP contribution >= 0.6 is 11.6 Å². The molecule has 214 valence electrons. The summed E-state index contributed by atoms with van der Waals surface area (Å²) in [7, 11) is 1.61. The Kier molecular flexibility index (Phi) is 9.51. The fourth-order valence-corrected chi connectivity index (χ4v) is 5.39. The van der Waals surface area contributed by atoms with E-state index in [9.17, 15) is 9.18 Å². The van der Waals surface area contributed by atoms with E-state index >= 15 is 0 Å². The summed E-state index contributed by atoms with van der Waals surface area (Å²) >= 11 is 5.95. The van der Waals surface area contributed by atoms with Gasteiger partial charge in [0.1, 0.15) is 18.0 Å². The van der Waals surface area contributed by atoms with Gasteiger partial charge < -0.3 is 29.7 Å². The minimum absolute atomic E-state index is 0.0284. The standard InChI is InChI=1S/C29H35ClFN5O4/c1-38-26-17-25-22(29(34-18-33-25)35-20-6-9-24(31)23(30)15-20)16-27(26)40-21-7-4-19(5-8-21)32-10-2-3-28(37)36-11-13-39-14-12-36/h6,9,15-19,21,32H,2-5,7-8,10-14H2,1H3,(H,33,34,35). The number of benzene rings is 2. The Morgan fingerprint density at radius 3 is 2.67 bits per heavy atom. The van der Waals surface area contributed by atoms with Gasteiger partial charge in [0, 0.05) is 42.7 Å². The molecule has 0 atom stereocenters. The lowest BCUT2D eigenvalue weighted by Crippen LogP contribution is -2.41. The predicted molar refractivity (Wildman–Crippen MR) is 152 cm³/mol. The number of hydrogen-bond donors (Lipinski definition) is 2. The molecular formula is C29H35ClFN5O4. The van der Waals surface area contributed by atoms with Crippen LogP contribution < -0.4 is 20.1 Å². The van der Waals surface area contributed by atoms with Gasteiger partial charge in [0.2, 0.25) is 5.91 Å². The van der Waals surface area contributed by atoms with Crippen molar-refractivity contribution in [2.75, 3.05) is 45.3 Å². The summed E-state index contributed by atoms with van der Waals surface area (Å²) in [6.45, 7) is 3.51. The van der Waals surface area contributed by atoms with E-state index < -0.39 is 5.82 Å². The Bertz CT molecular complexity index is 1320. The molecule has 2 fully saturated rings. The molecule has 9 nitrogen and oxygen atoms in total. The van der Waals surface area contributed by atoms with Crippen molar-refractivity contribution in [2.45, 2.75) is 50.7 Å². The Morgan fingerprint density at radius 1 is 1.12 bits per heavy atom. The molecule has 0 radical (unpaired) electrons. The van der Waals surface area contributed by atoms with E-state index in [1.165, 1.54) is 18.5 Å². The third-order valence-corrected chi connectivity index (χ3v) is 7.72. The van der Waals surface area contributed by atoms with Gasteiger partial charge in [-0.05, 0) is 62.9 Å². The average molecular weight is 572 g/mol. The third kappa shape index (κ3) is 7.10. The van der Waals surface area contributed by atoms with Gasteiger partial charge in [0.15, 0.2) is 11.5 Å². The van der Waals surface area contributed by atoms with Crippen molar-refractivity contribution in [3.8, 4) is 11.5 Å². The van der Waals surface area contributed by atoms with Gasteiger partial charge in [-0.15, -0.1) is 0 Å².